The Balaban J connectivity index is 1.34. The van der Waals surface area contributed by atoms with E-state index in [4.69, 9.17) is 6.57 Å². The SMILES string of the molecule is [C-]#[N+]c1ccc2c(c1)c1cc(C#N)ccc1n2-c1cccc(-c2cccc([Si](c3ccccc3)(c3ccccc3)c3ccccc3)c2)c1. The molecule has 7 aromatic carbocycles. The van der Waals surface area contributed by atoms with E-state index in [1.807, 2.05) is 36.4 Å². The molecule has 0 aliphatic carbocycles. The van der Waals surface area contributed by atoms with Crippen molar-refractivity contribution in [1.29, 1.82) is 5.26 Å². The van der Waals surface area contributed by atoms with Gasteiger partial charge in [0.2, 0.25) is 0 Å². The summed E-state index contributed by atoms with van der Waals surface area (Å²) in [5, 5.41) is 16.9. The summed E-state index contributed by atoms with van der Waals surface area (Å²) in [5.74, 6) is 0. The Morgan fingerprint density at radius 2 is 1.02 bits per heavy atom. The number of nitriles is 1. The van der Waals surface area contributed by atoms with E-state index in [9.17, 15) is 5.26 Å². The van der Waals surface area contributed by atoms with Crippen molar-refractivity contribution < 1.29 is 0 Å². The molecule has 0 bridgehead atoms. The summed E-state index contributed by atoms with van der Waals surface area (Å²) in [4.78, 5) is 3.68. The first-order valence-corrected chi connectivity index (χ1v) is 17.9. The highest BCUT2D eigenvalue weighted by atomic mass is 28.3. The monoisotopic (exact) mass is 627 g/mol. The molecule has 1 heterocycles. The summed E-state index contributed by atoms with van der Waals surface area (Å²) < 4.78 is 2.24. The van der Waals surface area contributed by atoms with Gasteiger partial charge in [-0.3, -0.25) is 0 Å². The molecule has 8 rings (SSSR count). The fourth-order valence-corrected chi connectivity index (χ4v) is 12.0. The average Bonchev–Trinajstić information content (AvgIpc) is 3.49. The van der Waals surface area contributed by atoms with Crippen molar-refractivity contribution in [2.24, 2.45) is 0 Å². The topological polar surface area (TPSA) is 33.1 Å². The molecule has 0 N–H and O–H groups in total. The molecule has 0 spiro atoms. The second-order valence-corrected chi connectivity index (χ2v) is 15.8. The van der Waals surface area contributed by atoms with Crippen LogP contribution in [0.2, 0.25) is 0 Å². The molecule has 0 aliphatic rings. The zero-order valence-corrected chi connectivity index (χ0v) is 27.1. The van der Waals surface area contributed by atoms with Gasteiger partial charge in [-0.05, 0) is 79.7 Å². The quantitative estimate of drug-likeness (QED) is 0.104. The van der Waals surface area contributed by atoms with E-state index in [0.717, 1.165) is 38.6 Å². The third-order valence-corrected chi connectivity index (χ3v) is 14.1. The standard InChI is InChI=1S/C44H29N3Si/c1-46-35-24-26-44-42(30-35)41-27-32(31-45)23-25-43(41)47(44)36-15-11-13-33(28-36)34-14-12-22-40(29-34)48(37-16-5-2-6-17-37,38-18-7-3-8-19-38)39-20-9-4-10-21-39/h2-30H. The molecule has 0 unspecified atom stereocenters. The van der Waals surface area contributed by atoms with Crippen molar-refractivity contribution in [3.63, 3.8) is 0 Å². The lowest BCUT2D eigenvalue weighted by atomic mass is 10.1. The molecule has 3 nitrogen and oxygen atoms in total. The van der Waals surface area contributed by atoms with Gasteiger partial charge in [-0.2, -0.15) is 5.26 Å². The maximum atomic E-state index is 9.65. The highest BCUT2D eigenvalue weighted by Gasteiger charge is 2.41. The van der Waals surface area contributed by atoms with Gasteiger partial charge in [-0.15, -0.1) is 0 Å². The first-order valence-electron chi connectivity index (χ1n) is 15.9. The smallest absolute Gasteiger partial charge is 0.188 e. The van der Waals surface area contributed by atoms with E-state index in [0.29, 0.717) is 11.3 Å². The molecule has 0 fully saturated rings. The van der Waals surface area contributed by atoms with E-state index < -0.39 is 8.07 Å². The summed E-state index contributed by atoms with van der Waals surface area (Å²) >= 11 is 0. The van der Waals surface area contributed by atoms with Crippen LogP contribution in [0.4, 0.5) is 5.69 Å². The van der Waals surface area contributed by atoms with E-state index >= 15 is 0 Å². The fraction of sp³-hybridized carbons (Fsp3) is 0. The van der Waals surface area contributed by atoms with E-state index in [1.165, 1.54) is 20.7 Å². The maximum absolute atomic E-state index is 9.65. The molecule has 8 aromatic rings. The minimum atomic E-state index is -2.68. The minimum absolute atomic E-state index is 0.581. The number of benzene rings is 7. The lowest BCUT2D eigenvalue weighted by Crippen LogP contribution is -2.74. The van der Waals surface area contributed by atoms with Crippen LogP contribution in [-0.2, 0) is 0 Å². The van der Waals surface area contributed by atoms with Crippen molar-refractivity contribution in [3.05, 3.63) is 193 Å². The van der Waals surface area contributed by atoms with Gasteiger partial charge in [-0.1, -0.05) is 133 Å². The van der Waals surface area contributed by atoms with E-state index in [1.54, 1.807) is 0 Å². The Morgan fingerprint density at radius 1 is 0.500 bits per heavy atom. The van der Waals surface area contributed by atoms with Gasteiger partial charge in [0.05, 0.1) is 29.2 Å². The van der Waals surface area contributed by atoms with Crippen LogP contribution in [-0.4, -0.2) is 12.6 Å². The van der Waals surface area contributed by atoms with Gasteiger partial charge in [-0.25, -0.2) is 4.85 Å². The van der Waals surface area contributed by atoms with Crippen LogP contribution in [0.5, 0.6) is 0 Å². The lowest BCUT2D eigenvalue weighted by molar-refractivity contribution is 1.18. The predicted octanol–water partition coefficient (Wildman–Crippen LogP) is 8.25. The molecule has 0 radical (unpaired) electrons. The van der Waals surface area contributed by atoms with E-state index in [-0.39, 0.29) is 0 Å². The largest absolute Gasteiger partial charge is 0.309 e. The van der Waals surface area contributed by atoms with E-state index in [2.05, 4.69) is 155 Å². The molecule has 224 valence electrons. The molecular formula is C44H29N3Si. The molecular weight excluding hydrogens is 599 g/mol. The van der Waals surface area contributed by atoms with Gasteiger partial charge in [0.25, 0.3) is 0 Å². The van der Waals surface area contributed by atoms with Gasteiger partial charge >= 0.3 is 0 Å². The number of fused-ring (bicyclic) bond motifs is 3. The van der Waals surface area contributed by atoms with Crippen molar-refractivity contribution in [3.8, 4) is 22.9 Å². The summed E-state index contributed by atoms with van der Waals surface area (Å²) in [7, 11) is -2.68. The summed E-state index contributed by atoms with van der Waals surface area (Å²) in [5.41, 5.74) is 6.48. The van der Waals surface area contributed by atoms with Gasteiger partial charge in [0, 0.05) is 11.1 Å². The van der Waals surface area contributed by atoms with Crippen LogP contribution >= 0.6 is 0 Å². The van der Waals surface area contributed by atoms with Gasteiger partial charge < -0.3 is 4.57 Å². The predicted molar refractivity (Wildman–Crippen MR) is 201 cm³/mol. The van der Waals surface area contributed by atoms with Crippen LogP contribution in [0.1, 0.15) is 5.56 Å². The first kappa shape index (κ1) is 29.0. The van der Waals surface area contributed by atoms with Crippen molar-refractivity contribution in [1.82, 2.24) is 4.57 Å². The van der Waals surface area contributed by atoms with Gasteiger partial charge in [0.15, 0.2) is 13.8 Å². The van der Waals surface area contributed by atoms with Crippen LogP contribution < -0.4 is 20.7 Å². The Bertz CT molecular complexity index is 2350. The normalized spacial score (nSPS) is 11.3. The molecule has 48 heavy (non-hydrogen) atoms. The van der Waals surface area contributed by atoms with Crippen LogP contribution in [0.15, 0.2) is 176 Å². The lowest BCUT2D eigenvalue weighted by Gasteiger charge is -2.34. The zero-order chi connectivity index (χ0) is 32.5. The second kappa shape index (κ2) is 12.0. The van der Waals surface area contributed by atoms with Crippen LogP contribution in [0.3, 0.4) is 0 Å². The van der Waals surface area contributed by atoms with Crippen molar-refractivity contribution in [2.75, 3.05) is 0 Å². The van der Waals surface area contributed by atoms with Crippen LogP contribution in [0, 0.1) is 17.9 Å². The Morgan fingerprint density at radius 3 is 1.60 bits per heavy atom. The van der Waals surface area contributed by atoms with Crippen LogP contribution in [0.25, 0.3) is 43.5 Å². The molecule has 1 aromatic heterocycles. The Kier molecular flexibility index (Phi) is 7.27. The van der Waals surface area contributed by atoms with Crippen molar-refractivity contribution >= 4 is 56.3 Å². The molecule has 0 amide bonds. The molecule has 0 atom stereocenters. The Hall–Kier alpha value is -6.46. The minimum Gasteiger partial charge on any atom is -0.309 e. The van der Waals surface area contributed by atoms with Gasteiger partial charge in [0.1, 0.15) is 0 Å². The molecule has 0 saturated carbocycles. The molecule has 0 saturated heterocycles. The maximum Gasteiger partial charge on any atom is 0.188 e. The first-order chi connectivity index (χ1) is 23.7. The zero-order valence-electron chi connectivity index (χ0n) is 26.1. The summed E-state index contributed by atoms with van der Waals surface area (Å²) in [6.07, 6.45) is 0. The molecule has 4 heteroatoms. The summed E-state index contributed by atoms with van der Waals surface area (Å²) in [6, 6.07) is 64.6. The summed E-state index contributed by atoms with van der Waals surface area (Å²) in [6.45, 7) is 7.59. The second-order valence-electron chi connectivity index (χ2n) is 12.0. The Labute approximate surface area is 281 Å². The number of nitrogens with zero attached hydrogens (tertiary/aromatic N) is 3. The highest BCUT2D eigenvalue weighted by Crippen LogP contribution is 2.36. The average molecular weight is 628 g/mol. The third kappa shape index (κ3) is 4.72. The highest BCUT2D eigenvalue weighted by molar-refractivity contribution is 7.19. The number of hydrogen-bond acceptors (Lipinski definition) is 1. The number of aromatic nitrogens is 1. The third-order valence-electron chi connectivity index (χ3n) is 9.36. The van der Waals surface area contributed by atoms with Crippen molar-refractivity contribution in [2.45, 2.75) is 0 Å². The fourth-order valence-electron chi connectivity index (χ4n) is 7.25. The number of hydrogen-bond donors (Lipinski definition) is 0. The molecule has 0 aliphatic heterocycles. The number of rotatable bonds is 6.